The summed E-state index contributed by atoms with van der Waals surface area (Å²) in [7, 11) is 1.51. The molecule has 0 spiro atoms. The van der Waals surface area contributed by atoms with Crippen molar-refractivity contribution in [2.45, 2.75) is 20.0 Å². The van der Waals surface area contributed by atoms with E-state index in [1.165, 1.54) is 37.5 Å². The molecule has 0 radical (unpaired) electrons. The number of benzene rings is 2. The van der Waals surface area contributed by atoms with Gasteiger partial charge in [-0.25, -0.2) is 0 Å². The first kappa shape index (κ1) is 25.6. The average molecular weight is 486 g/mol. The summed E-state index contributed by atoms with van der Waals surface area (Å²) in [6.07, 6.45) is -3.16. The van der Waals surface area contributed by atoms with Gasteiger partial charge in [-0.2, -0.15) is 13.2 Å². The predicted molar refractivity (Wildman–Crippen MR) is 125 cm³/mol. The zero-order chi connectivity index (χ0) is 25.6. The number of amides is 2. The molecule has 3 rings (SSSR count). The Balaban J connectivity index is 1.88. The number of halogens is 3. The van der Waals surface area contributed by atoms with Crippen molar-refractivity contribution in [3.05, 3.63) is 83.2 Å². The quantitative estimate of drug-likeness (QED) is 0.411. The highest BCUT2D eigenvalue weighted by molar-refractivity contribution is 6.05. The summed E-state index contributed by atoms with van der Waals surface area (Å²) in [5.41, 5.74) is -0.342. The Morgan fingerprint density at radius 3 is 2.40 bits per heavy atom. The van der Waals surface area contributed by atoms with E-state index in [-0.39, 0.29) is 28.7 Å². The summed E-state index contributed by atoms with van der Waals surface area (Å²) in [6.45, 7) is 4.23. The van der Waals surface area contributed by atoms with Crippen molar-refractivity contribution >= 4 is 17.9 Å². The molecule has 0 saturated carbocycles. The standard InChI is InChI=1S/C26H25F3N2O4/c1-16(2)15-30-25(33)22(31-24(32)17-7-9-20(34-3)10-8-17)14-21-11-12-23(35-21)18-5-4-6-19(13-18)26(27,28)29/h4-14,16H,15H2,1-3H3,(H,30,33)(H,31,32)/b22-14-. The molecular formula is C26H25F3N2O4. The molecule has 2 amide bonds. The lowest BCUT2D eigenvalue weighted by molar-refractivity contribution is -0.137. The maximum absolute atomic E-state index is 13.1. The molecule has 184 valence electrons. The minimum Gasteiger partial charge on any atom is -0.497 e. The van der Waals surface area contributed by atoms with Gasteiger partial charge in [0.05, 0.1) is 12.7 Å². The zero-order valence-electron chi connectivity index (χ0n) is 19.4. The third kappa shape index (κ3) is 6.99. The van der Waals surface area contributed by atoms with E-state index < -0.39 is 23.6 Å². The Morgan fingerprint density at radius 1 is 1.06 bits per heavy atom. The monoisotopic (exact) mass is 486 g/mol. The van der Waals surface area contributed by atoms with E-state index in [1.54, 1.807) is 24.3 Å². The molecule has 0 aliphatic rings. The number of carbonyl (C=O) groups is 2. The van der Waals surface area contributed by atoms with Crippen LogP contribution in [0.2, 0.25) is 0 Å². The first-order valence-corrected chi connectivity index (χ1v) is 10.8. The Kier molecular flexibility index (Phi) is 8.01. The fourth-order valence-corrected chi connectivity index (χ4v) is 3.06. The number of methoxy groups -OCH3 is 1. The van der Waals surface area contributed by atoms with E-state index in [9.17, 15) is 22.8 Å². The molecule has 0 atom stereocenters. The van der Waals surface area contributed by atoms with Crippen LogP contribution in [-0.2, 0) is 11.0 Å². The van der Waals surface area contributed by atoms with Crippen LogP contribution in [-0.4, -0.2) is 25.5 Å². The Labute approximate surface area is 200 Å². The molecule has 9 heteroatoms. The predicted octanol–water partition coefficient (Wildman–Crippen LogP) is 5.52. The van der Waals surface area contributed by atoms with Crippen LogP contribution in [0.15, 0.2) is 70.8 Å². The Hall–Kier alpha value is -4.01. The number of ether oxygens (including phenoxy) is 1. The molecule has 6 nitrogen and oxygen atoms in total. The fraction of sp³-hybridized carbons (Fsp3) is 0.231. The lowest BCUT2D eigenvalue weighted by Gasteiger charge is -2.12. The molecule has 35 heavy (non-hydrogen) atoms. The molecule has 0 bridgehead atoms. The second kappa shape index (κ2) is 10.9. The maximum Gasteiger partial charge on any atom is 0.416 e. The summed E-state index contributed by atoms with van der Waals surface area (Å²) in [4.78, 5) is 25.5. The molecule has 1 heterocycles. The molecule has 0 unspecified atom stereocenters. The molecule has 0 fully saturated rings. The number of hydrogen-bond acceptors (Lipinski definition) is 4. The van der Waals surface area contributed by atoms with E-state index >= 15 is 0 Å². The van der Waals surface area contributed by atoms with Crippen LogP contribution < -0.4 is 15.4 Å². The Bertz CT molecular complexity index is 1210. The maximum atomic E-state index is 13.1. The van der Waals surface area contributed by atoms with Crippen LogP contribution in [0.3, 0.4) is 0 Å². The number of carbonyl (C=O) groups excluding carboxylic acids is 2. The molecular weight excluding hydrogens is 461 g/mol. The van der Waals surface area contributed by atoms with E-state index in [2.05, 4.69) is 10.6 Å². The fourth-order valence-electron chi connectivity index (χ4n) is 3.06. The van der Waals surface area contributed by atoms with Crippen molar-refractivity contribution in [3.63, 3.8) is 0 Å². The van der Waals surface area contributed by atoms with Gasteiger partial charge < -0.3 is 19.8 Å². The molecule has 0 saturated heterocycles. The number of hydrogen-bond donors (Lipinski definition) is 2. The largest absolute Gasteiger partial charge is 0.497 e. The van der Waals surface area contributed by atoms with Gasteiger partial charge in [-0.1, -0.05) is 26.0 Å². The molecule has 1 aromatic heterocycles. The van der Waals surface area contributed by atoms with Crippen molar-refractivity contribution < 1.29 is 31.9 Å². The Morgan fingerprint density at radius 2 is 1.77 bits per heavy atom. The number of nitrogens with one attached hydrogen (secondary N) is 2. The smallest absolute Gasteiger partial charge is 0.416 e. The van der Waals surface area contributed by atoms with Gasteiger partial charge >= 0.3 is 6.18 Å². The van der Waals surface area contributed by atoms with Crippen molar-refractivity contribution in [2.24, 2.45) is 5.92 Å². The van der Waals surface area contributed by atoms with Crippen molar-refractivity contribution in [2.75, 3.05) is 13.7 Å². The summed E-state index contributed by atoms with van der Waals surface area (Å²) < 4.78 is 49.9. The van der Waals surface area contributed by atoms with Crippen LogP contribution in [0.5, 0.6) is 5.75 Å². The van der Waals surface area contributed by atoms with Crippen molar-refractivity contribution in [3.8, 4) is 17.1 Å². The summed E-state index contributed by atoms with van der Waals surface area (Å²) in [5.74, 6) is 0.0621. The van der Waals surface area contributed by atoms with Gasteiger partial charge in [-0.3, -0.25) is 9.59 Å². The van der Waals surface area contributed by atoms with Gasteiger partial charge in [0, 0.05) is 23.7 Å². The normalized spacial score (nSPS) is 11.9. The molecule has 0 aliphatic carbocycles. The highest BCUT2D eigenvalue weighted by Gasteiger charge is 2.30. The van der Waals surface area contributed by atoms with Crippen molar-refractivity contribution in [1.29, 1.82) is 0 Å². The first-order valence-electron chi connectivity index (χ1n) is 10.8. The molecule has 2 aromatic carbocycles. The first-order chi connectivity index (χ1) is 16.6. The van der Waals surface area contributed by atoms with Gasteiger partial charge in [-0.05, 0) is 54.4 Å². The molecule has 0 aliphatic heterocycles. The van der Waals surface area contributed by atoms with Gasteiger partial charge in [-0.15, -0.1) is 0 Å². The zero-order valence-corrected chi connectivity index (χ0v) is 19.4. The average Bonchev–Trinajstić information content (AvgIpc) is 3.30. The number of rotatable bonds is 8. The number of furan rings is 1. The van der Waals surface area contributed by atoms with Gasteiger partial charge in [0.25, 0.3) is 11.8 Å². The van der Waals surface area contributed by atoms with Crippen LogP contribution in [0, 0.1) is 5.92 Å². The van der Waals surface area contributed by atoms with E-state index in [0.717, 1.165) is 12.1 Å². The van der Waals surface area contributed by atoms with Crippen LogP contribution in [0.4, 0.5) is 13.2 Å². The topological polar surface area (TPSA) is 80.6 Å². The molecule has 2 N–H and O–H groups in total. The summed E-state index contributed by atoms with van der Waals surface area (Å²) >= 11 is 0. The SMILES string of the molecule is COc1ccc(C(=O)N/C(=C\c2ccc(-c3cccc(C(F)(F)F)c3)o2)C(=O)NCC(C)C)cc1. The third-order valence-electron chi connectivity index (χ3n) is 4.90. The van der Waals surface area contributed by atoms with E-state index in [1.807, 2.05) is 13.8 Å². The van der Waals surface area contributed by atoms with E-state index in [0.29, 0.717) is 17.9 Å². The minimum absolute atomic E-state index is 0.0728. The summed E-state index contributed by atoms with van der Waals surface area (Å²) in [5, 5.41) is 5.31. The highest BCUT2D eigenvalue weighted by atomic mass is 19.4. The van der Waals surface area contributed by atoms with E-state index in [4.69, 9.17) is 9.15 Å². The lowest BCUT2D eigenvalue weighted by atomic mass is 10.1. The van der Waals surface area contributed by atoms with Gasteiger partial charge in [0.15, 0.2) is 0 Å². The number of alkyl halides is 3. The second-order valence-corrected chi connectivity index (χ2v) is 8.13. The summed E-state index contributed by atoms with van der Waals surface area (Å²) in [6, 6.07) is 14.1. The third-order valence-corrected chi connectivity index (χ3v) is 4.90. The highest BCUT2D eigenvalue weighted by Crippen LogP contribution is 2.32. The van der Waals surface area contributed by atoms with Crippen LogP contribution in [0.25, 0.3) is 17.4 Å². The second-order valence-electron chi connectivity index (χ2n) is 8.13. The van der Waals surface area contributed by atoms with Crippen LogP contribution >= 0.6 is 0 Å². The van der Waals surface area contributed by atoms with Gasteiger partial charge in [0.1, 0.15) is 23.0 Å². The van der Waals surface area contributed by atoms with Crippen LogP contribution in [0.1, 0.15) is 35.5 Å². The molecule has 3 aromatic rings. The van der Waals surface area contributed by atoms with Gasteiger partial charge in [0.2, 0.25) is 0 Å². The minimum atomic E-state index is -4.49. The van der Waals surface area contributed by atoms with Crippen molar-refractivity contribution in [1.82, 2.24) is 10.6 Å². The lowest BCUT2D eigenvalue weighted by Crippen LogP contribution is -2.36.